The monoisotopic (exact) mass is 433 g/mol. The standard InChI is InChI=1S/C21H31N5O3S/c1-24(19-10-6-3-7-11-19)30(27,28)26-14-12-25(13-15-26)17-21-23-22-20(29-21)16-18-8-4-2-5-9-18/h2,4-5,8-9,19H,3,6-7,10-17H2,1H3. The molecule has 2 aliphatic rings. The lowest BCUT2D eigenvalue weighted by atomic mass is 9.96. The van der Waals surface area contributed by atoms with E-state index in [0.29, 0.717) is 50.9 Å². The van der Waals surface area contributed by atoms with Gasteiger partial charge in [-0.15, -0.1) is 10.2 Å². The molecule has 0 unspecified atom stereocenters. The maximum atomic E-state index is 13.0. The van der Waals surface area contributed by atoms with E-state index < -0.39 is 10.2 Å². The Morgan fingerprint density at radius 1 is 1.00 bits per heavy atom. The molecule has 8 nitrogen and oxygen atoms in total. The summed E-state index contributed by atoms with van der Waals surface area (Å²) in [4.78, 5) is 2.17. The lowest BCUT2D eigenvalue weighted by Gasteiger charge is -2.38. The maximum absolute atomic E-state index is 13.0. The predicted molar refractivity (Wildman–Crippen MR) is 114 cm³/mol. The number of hydrogen-bond acceptors (Lipinski definition) is 6. The Balaban J connectivity index is 1.28. The van der Waals surface area contributed by atoms with Crippen LogP contribution in [0.5, 0.6) is 0 Å². The Bertz CT molecular complexity index is 904. The SMILES string of the molecule is CN(C1CCCCC1)S(=O)(=O)N1CCN(Cc2nnc(Cc3ccccc3)o2)CC1. The molecule has 30 heavy (non-hydrogen) atoms. The Morgan fingerprint density at radius 3 is 2.37 bits per heavy atom. The molecule has 9 heteroatoms. The fourth-order valence-corrected chi connectivity index (χ4v) is 5.90. The highest BCUT2D eigenvalue weighted by atomic mass is 32.2. The van der Waals surface area contributed by atoms with Gasteiger partial charge >= 0.3 is 0 Å². The first kappa shape index (κ1) is 21.4. The minimum absolute atomic E-state index is 0.142. The Kier molecular flexibility index (Phi) is 6.82. The Hall–Kier alpha value is -1.81. The smallest absolute Gasteiger partial charge is 0.282 e. The van der Waals surface area contributed by atoms with Crippen molar-refractivity contribution in [3.8, 4) is 0 Å². The molecule has 1 aromatic heterocycles. The largest absolute Gasteiger partial charge is 0.424 e. The number of benzene rings is 1. The zero-order valence-corrected chi connectivity index (χ0v) is 18.4. The van der Waals surface area contributed by atoms with Gasteiger partial charge in [0.15, 0.2) is 0 Å². The van der Waals surface area contributed by atoms with Crippen LogP contribution in [0.15, 0.2) is 34.7 Å². The molecule has 1 aliphatic carbocycles. The minimum Gasteiger partial charge on any atom is -0.424 e. The van der Waals surface area contributed by atoms with Crippen molar-refractivity contribution in [2.75, 3.05) is 33.2 Å². The highest BCUT2D eigenvalue weighted by molar-refractivity contribution is 7.86. The zero-order chi connectivity index (χ0) is 21.0. The molecule has 2 fully saturated rings. The van der Waals surface area contributed by atoms with Crippen molar-refractivity contribution in [3.05, 3.63) is 47.7 Å². The number of aromatic nitrogens is 2. The van der Waals surface area contributed by atoms with Crippen LogP contribution in [0.4, 0.5) is 0 Å². The van der Waals surface area contributed by atoms with Gasteiger partial charge in [0.25, 0.3) is 10.2 Å². The molecule has 0 amide bonds. The topological polar surface area (TPSA) is 82.8 Å². The minimum atomic E-state index is -3.40. The molecule has 164 valence electrons. The third-order valence-electron chi connectivity index (χ3n) is 6.18. The van der Waals surface area contributed by atoms with E-state index >= 15 is 0 Å². The first-order chi connectivity index (χ1) is 14.5. The molecule has 0 atom stereocenters. The van der Waals surface area contributed by atoms with Crippen LogP contribution in [0.2, 0.25) is 0 Å². The van der Waals surface area contributed by atoms with Crippen LogP contribution in [-0.4, -0.2) is 71.4 Å². The van der Waals surface area contributed by atoms with E-state index in [1.807, 2.05) is 30.3 Å². The van der Waals surface area contributed by atoms with Crippen molar-refractivity contribution in [2.45, 2.75) is 51.1 Å². The van der Waals surface area contributed by atoms with Crippen molar-refractivity contribution in [2.24, 2.45) is 0 Å². The van der Waals surface area contributed by atoms with E-state index in [9.17, 15) is 8.42 Å². The summed E-state index contributed by atoms with van der Waals surface area (Å²) in [6.45, 7) is 2.85. The first-order valence-electron chi connectivity index (χ1n) is 10.8. The van der Waals surface area contributed by atoms with Gasteiger partial charge in [-0.2, -0.15) is 17.0 Å². The summed E-state index contributed by atoms with van der Waals surface area (Å²) in [5.41, 5.74) is 1.13. The number of hydrogen-bond donors (Lipinski definition) is 0. The van der Waals surface area contributed by atoms with Gasteiger partial charge in [0, 0.05) is 39.3 Å². The quantitative estimate of drug-likeness (QED) is 0.666. The fraction of sp³-hybridized carbons (Fsp3) is 0.619. The molecule has 0 N–H and O–H groups in total. The van der Waals surface area contributed by atoms with E-state index in [-0.39, 0.29) is 6.04 Å². The van der Waals surface area contributed by atoms with Crippen molar-refractivity contribution in [1.82, 2.24) is 23.7 Å². The van der Waals surface area contributed by atoms with Crippen molar-refractivity contribution in [1.29, 1.82) is 0 Å². The molecular weight excluding hydrogens is 402 g/mol. The number of rotatable bonds is 7. The number of nitrogens with zero attached hydrogens (tertiary/aromatic N) is 5. The van der Waals surface area contributed by atoms with Gasteiger partial charge in [0.05, 0.1) is 13.0 Å². The summed E-state index contributed by atoms with van der Waals surface area (Å²) in [6, 6.07) is 10.2. The molecule has 0 spiro atoms. The summed E-state index contributed by atoms with van der Waals surface area (Å²) < 4.78 is 35.1. The second-order valence-electron chi connectivity index (χ2n) is 8.24. The van der Waals surface area contributed by atoms with Crippen molar-refractivity contribution in [3.63, 3.8) is 0 Å². The van der Waals surface area contributed by atoms with Gasteiger partial charge in [-0.1, -0.05) is 49.6 Å². The maximum Gasteiger partial charge on any atom is 0.282 e. The van der Waals surface area contributed by atoms with Gasteiger partial charge in [-0.3, -0.25) is 4.90 Å². The zero-order valence-electron chi connectivity index (χ0n) is 17.6. The van der Waals surface area contributed by atoms with Gasteiger partial charge in [-0.05, 0) is 18.4 Å². The van der Waals surface area contributed by atoms with E-state index in [2.05, 4.69) is 15.1 Å². The van der Waals surface area contributed by atoms with Crippen LogP contribution in [-0.2, 0) is 23.2 Å². The van der Waals surface area contributed by atoms with Crippen LogP contribution >= 0.6 is 0 Å². The second kappa shape index (κ2) is 9.55. The lowest BCUT2D eigenvalue weighted by Crippen LogP contribution is -2.54. The molecular formula is C21H31N5O3S. The van der Waals surface area contributed by atoms with Crippen LogP contribution in [0, 0.1) is 0 Å². The third-order valence-corrected chi connectivity index (χ3v) is 8.22. The summed E-state index contributed by atoms with van der Waals surface area (Å²) in [5, 5.41) is 8.32. The van der Waals surface area contributed by atoms with Crippen molar-refractivity contribution >= 4 is 10.2 Å². The first-order valence-corrected chi connectivity index (χ1v) is 12.2. The molecule has 0 bridgehead atoms. The molecule has 2 heterocycles. The Morgan fingerprint density at radius 2 is 1.67 bits per heavy atom. The van der Waals surface area contributed by atoms with Gasteiger partial charge in [-0.25, -0.2) is 0 Å². The van der Waals surface area contributed by atoms with Gasteiger partial charge in [0.2, 0.25) is 11.8 Å². The van der Waals surface area contributed by atoms with Crippen LogP contribution in [0.3, 0.4) is 0 Å². The highest BCUT2D eigenvalue weighted by Crippen LogP contribution is 2.25. The molecule has 0 radical (unpaired) electrons. The van der Waals surface area contributed by atoms with Crippen molar-refractivity contribution < 1.29 is 12.8 Å². The van der Waals surface area contributed by atoms with E-state index in [0.717, 1.165) is 31.2 Å². The Labute approximate surface area is 179 Å². The van der Waals surface area contributed by atoms with E-state index in [4.69, 9.17) is 4.42 Å². The average molecular weight is 434 g/mol. The fourth-order valence-electron chi connectivity index (χ4n) is 4.32. The normalized spacial score (nSPS) is 20.1. The lowest BCUT2D eigenvalue weighted by molar-refractivity contribution is 0.159. The second-order valence-corrected chi connectivity index (χ2v) is 10.2. The average Bonchev–Trinajstić information content (AvgIpc) is 3.21. The van der Waals surface area contributed by atoms with Gasteiger partial charge < -0.3 is 4.42 Å². The summed E-state index contributed by atoms with van der Waals surface area (Å²) in [6.07, 6.45) is 6.01. The van der Waals surface area contributed by atoms with Crippen LogP contribution < -0.4 is 0 Å². The summed E-state index contributed by atoms with van der Waals surface area (Å²) >= 11 is 0. The highest BCUT2D eigenvalue weighted by Gasteiger charge is 2.34. The summed E-state index contributed by atoms with van der Waals surface area (Å²) in [7, 11) is -1.66. The molecule has 4 rings (SSSR count). The van der Waals surface area contributed by atoms with Crippen LogP contribution in [0.1, 0.15) is 49.4 Å². The molecule has 1 saturated carbocycles. The summed E-state index contributed by atoms with van der Waals surface area (Å²) in [5.74, 6) is 1.18. The van der Waals surface area contributed by atoms with E-state index in [1.54, 1.807) is 15.7 Å². The van der Waals surface area contributed by atoms with Gasteiger partial charge in [0.1, 0.15) is 0 Å². The molecule has 1 aliphatic heterocycles. The van der Waals surface area contributed by atoms with E-state index in [1.165, 1.54) is 6.42 Å². The molecule has 2 aromatic rings. The third kappa shape index (κ3) is 5.08. The van der Waals surface area contributed by atoms with Crippen LogP contribution in [0.25, 0.3) is 0 Å². The number of piperazine rings is 1. The molecule has 1 aromatic carbocycles. The molecule has 1 saturated heterocycles. The predicted octanol–water partition coefficient (Wildman–Crippen LogP) is 2.29.